The third-order valence-electron chi connectivity index (χ3n) is 9.18. The van der Waals surface area contributed by atoms with E-state index in [1.54, 1.807) is 0 Å². The fourth-order valence-electron chi connectivity index (χ4n) is 6.16. The molecular formula is C37H63N5O3. The van der Waals surface area contributed by atoms with E-state index >= 15 is 0 Å². The molecule has 8 nitrogen and oxygen atoms in total. The molecule has 2 aromatic rings. The van der Waals surface area contributed by atoms with Gasteiger partial charge in [-0.2, -0.15) is 0 Å². The lowest BCUT2D eigenvalue weighted by atomic mass is 10.0. The van der Waals surface area contributed by atoms with Gasteiger partial charge in [-0.05, 0) is 66.4 Å². The Morgan fingerprint density at radius 2 is 0.689 bits per heavy atom. The summed E-state index contributed by atoms with van der Waals surface area (Å²) < 4.78 is 16.5. The fraction of sp³-hybridized carbons (Fsp3) is 0.676. The van der Waals surface area contributed by atoms with Crippen molar-refractivity contribution < 1.29 is 14.2 Å². The molecule has 0 aromatic heterocycles. The van der Waals surface area contributed by atoms with Crippen molar-refractivity contribution in [2.75, 3.05) is 132 Å². The molecule has 0 amide bonds. The van der Waals surface area contributed by atoms with Gasteiger partial charge in [0, 0.05) is 88.2 Å². The van der Waals surface area contributed by atoms with Crippen LogP contribution in [0.5, 0.6) is 0 Å². The Morgan fingerprint density at radius 3 is 0.956 bits per heavy atom. The van der Waals surface area contributed by atoms with Crippen LogP contribution in [0.15, 0.2) is 36.4 Å². The van der Waals surface area contributed by atoms with Gasteiger partial charge >= 0.3 is 0 Å². The van der Waals surface area contributed by atoms with Crippen molar-refractivity contribution in [3.63, 3.8) is 0 Å². The normalized spacial score (nSPS) is 19.5. The molecular weight excluding hydrogens is 562 g/mol. The lowest BCUT2D eigenvalue weighted by molar-refractivity contribution is 0.122. The fourth-order valence-corrected chi connectivity index (χ4v) is 6.16. The van der Waals surface area contributed by atoms with Crippen LogP contribution >= 0.6 is 0 Å². The summed E-state index contributed by atoms with van der Waals surface area (Å²) in [6.07, 6.45) is 0. The van der Waals surface area contributed by atoms with Crippen LogP contribution in [0.4, 0.5) is 22.7 Å². The Kier molecular flexibility index (Phi) is 14.8. The first kappa shape index (κ1) is 36.9. The highest BCUT2D eigenvalue weighted by molar-refractivity contribution is 5.63. The Bertz CT molecular complexity index is 1100. The maximum absolute atomic E-state index is 5.50. The molecule has 0 bridgehead atoms. The lowest BCUT2D eigenvalue weighted by Crippen LogP contribution is -2.44. The second-order valence-electron chi connectivity index (χ2n) is 13.0. The summed E-state index contributed by atoms with van der Waals surface area (Å²) in [4.78, 5) is 12.3. The predicted molar refractivity (Wildman–Crippen MR) is 193 cm³/mol. The van der Waals surface area contributed by atoms with Crippen LogP contribution in [0.1, 0.15) is 65.5 Å². The Morgan fingerprint density at radius 1 is 0.422 bits per heavy atom. The Hall–Kier alpha value is -2.52. The number of hydrogen-bond donors (Lipinski definition) is 0. The van der Waals surface area contributed by atoms with Crippen LogP contribution in [-0.2, 0) is 14.2 Å². The van der Waals surface area contributed by atoms with Crippen molar-refractivity contribution >= 4 is 22.7 Å². The van der Waals surface area contributed by atoms with Gasteiger partial charge in [-0.15, -0.1) is 0 Å². The maximum atomic E-state index is 5.50. The Labute approximate surface area is 275 Å². The molecule has 2 aromatic carbocycles. The van der Waals surface area contributed by atoms with Crippen LogP contribution in [0.25, 0.3) is 0 Å². The zero-order chi connectivity index (χ0) is 30.2. The van der Waals surface area contributed by atoms with Crippen LogP contribution in [-0.4, -0.2) is 117 Å². The molecule has 0 saturated carbocycles. The number of anilines is 4. The average Bonchev–Trinajstić information content (AvgIpc) is 3.06. The zero-order valence-electron chi connectivity index (χ0n) is 27.4. The summed E-state index contributed by atoms with van der Waals surface area (Å²) >= 11 is 0. The van der Waals surface area contributed by atoms with E-state index in [1.165, 1.54) is 33.9 Å². The van der Waals surface area contributed by atoms with Gasteiger partial charge in [0.1, 0.15) is 0 Å². The van der Waals surface area contributed by atoms with E-state index in [4.69, 9.17) is 14.2 Å². The number of ether oxygens (including phenoxy) is 3. The van der Waals surface area contributed by atoms with Crippen molar-refractivity contribution in [2.45, 2.75) is 54.4 Å². The molecule has 254 valence electrons. The highest BCUT2D eigenvalue weighted by Crippen LogP contribution is 2.31. The number of morpholine rings is 3. The monoisotopic (exact) mass is 625 g/mol. The molecule has 6 rings (SSSR count). The first-order chi connectivity index (χ1) is 20.9. The quantitative estimate of drug-likeness (QED) is 0.379. The predicted octanol–water partition coefficient (Wildman–Crippen LogP) is 6.15. The number of hydrogen-bond acceptors (Lipinski definition) is 8. The van der Waals surface area contributed by atoms with Crippen molar-refractivity contribution in [1.82, 2.24) is 4.90 Å². The van der Waals surface area contributed by atoms with Gasteiger partial charge in [-0.1, -0.05) is 42.5 Å². The summed E-state index contributed by atoms with van der Waals surface area (Å²) in [5.74, 6) is 1.11. The van der Waals surface area contributed by atoms with Gasteiger partial charge in [0.2, 0.25) is 0 Å². The highest BCUT2D eigenvalue weighted by Gasteiger charge is 2.20. The summed E-state index contributed by atoms with van der Waals surface area (Å²) in [6, 6.07) is 14.2. The van der Waals surface area contributed by atoms with Crippen LogP contribution in [0.2, 0.25) is 0 Å². The number of likely N-dealkylation sites (N-methyl/N-ethyl adjacent to an activating group) is 1. The second kappa shape index (κ2) is 18.0. The highest BCUT2D eigenvalue weighted by atomic mass is 16.5. The lowest BCUT2D eigenvalue weighted by Gasteiger charge is -2.36. The third kappa shape index (κ3) is 10.2. The summed E-state index contributed by atoms with van der Waals surface area (Å²) in [7, 11) is 2.21. The molecule has 4 fully saturated rings. The number of rotatable bonds is 6. The molecule has 0 unspecified atom stereocenters. The van der Waals surface area contributed by atoms with Crippen molar-refractivity contribution in [2.24, 2.45) is 0 Å². The molecule has 4 saturated heterocycles. The molecule has 8 heteroatoms. The zero-order valence-corrected chi connectivity index (χ0v) is 27.4. The molecule has 0 radical (unpaired) electrons. The van der Waals surface area contributed by atoms with Gasteiger partial charge < -0.3 is 38.7 Å². The van der Waals surface area contributed by atoms with Crippen molar-refractivity contribution in [3.8, 4) is 0 Å². The number of piperazine rings is 1. The van der Waals surface area contributed by atoms with Crippen LogP contribution in [0, 0.1) is 0 Å². The van der Waals surface area contributed by atoms with E-state index in [9.17, 15) is 0 Å². The Balaban J connectivity index is 0.000000235. The van der Waals surface area contributed by atoms with Crippen LogP contribution in [0.3, 0.4) is 0 Å². The molecule has 0 N–H and O–H groups in total. The molecule has 0 spiro atoms. The smallest absolute Gasteiger partial charge is 0.0642 e. The van der Waals surface area contributed by atoms with E-state index in [0.717, 1.165) is 105 Å². The van der Waals surface area contributed by atoms with E-state index in [2.05, 4.69) is 95.6 Å². The summed E-state index contributed by atoms with van der Waals surface area (Å²) in [6.45, 7) is 24.6. The first-order valence-electron chi connectivity index (χ1n) is 16.6. The van der Waals surface area contributed by atoms with E-state index < -0.39 is 0 Å². The van der Waals surface area contributed by atoms with E-state index in [1.807, 2.05) is 0 Å². The van der Waals surface area contributed by atoms with Gasteiger partial charge in [0.15, 0.2) is 0 Å². The minimum absolute atomic E-state index is 0. The molecule has 4 aliphatic heterocycles. The summed E-state index contributed by atoms with van der Waals surface area (Å²) in [5.41, 5.74) is 8.29. The topological polar surface area (TPSA) is 43.9 Å². The minimum Gasteiger partial charge on any atom is -0.378 e. The van der Waals surface area contributed by atoms with E-state index in [-0.39, 0.29) is 14.9 Å². The maximum Gasteiger partial charge on any atom is 0.0642 e. The molecule has 45 heavy (non-hydrogen) atoms. The van der Waals surface area contributed by atoms with Crippen molar-refractivity contribution in [1.29, 1.82) is 0 Å². The first-order valence-corrected chi connectivity index (χ1v) is 16.6. The van der Waals surface area contributed by atoms with Gasteiger partial charge in [0.05, 0.1) is 39.6 Å². The molecule has 0 atom stereocenters. The third-order valence-corrected chi connectivity index (χ3v) is 9.18. The molecule has 4 heterocycles. The van der Waals surface area contributed by atoms with Crippen LogP contribution < -0.4 is 19.6 Å². The standard InChI is InChI=1S/C18H29N3O.C17H26N2O2.2CH4/c1-15(2)16-12-17(20-6-4-19(3)5-7-20)14-18(13-16)21-8-10-22-11-9-21;1-14(2)15-11-16(18-3-7-20-8-4-18)13-17(12-15)19-5-9-21-10-6-19;;/h12-15H,4-11H2,1-3H3;11-14H,3-10H2,1-2H3;2*1H4. The van der Waals surface area contributed by atoms with Crippen molar-refractivity contribution in [3.05, 3.63) is 47.5 Å². The minimum atomic E-state index is 0. The van der Waals surface area contributed by atoms with E-state index in [0.29, 0.717) is 11.8 Å². The second-order valence-corrected chi connectivity index (χ2v) is 13.0. The van der Waals surface area contributed by atoms with Gasteiger partial charge in [-0.3, -0.25) is 0 Å². The SMILES string of the molecule is C.C.CC(C)c1cc(N2CCOCC2)cc(N2CCN(C)CC2)c1.CC(C)c1cc(N2CCOCC2)cc(N2CCOCC2)c1. The van der Waals surface area contributed by atoms with Gasteiger partial charge in [-0.25, -0.2) is 0 Å². The number of nitrogens with zero attached hydrogens (tertiary/aromatic N) is 5. The molecule has 4 aliphatic rings. The van der Waals surface area contributed by atoms with Gasteiger partial charge in [0.25, 0.3) is 0 Å². The largest absolute Gasteiger partial charge is 0.378 e. The summed E-state index contributed by atoms with van der Waals surface area (Å²) in [5, 5.41) is 0. The number of benzene rings is 2. The average molecular weight is 626 g/mol. The molecule has 0 aliphatic carbocycles.